The Balaban J connectivity index is 2.12. The van der Waals surface area contributed by atoms with Crippen LogP contribution in [0.25, 0.3) is 5.57 Å². The summed E-state index contributed by atoms with van der Waals surface area (Å²) in [5, 5.41) is 0. The summed E-state index contributed by atoms with van der Waals surface area (Å²) in [7, 11) is 2.08. The van der Waals surface area contributed by atoms with Gasteiger partial charge in [0, 0.05) is 21.9 Å². The van der Waals surface area contributed by atoms with Crippen molar-refractivity contribution in [3.63, 3.8) is 0 Å². The predicted octanol–water partition coefficient (Wildman–Crippen LogP) is 4.70. The molecular formula is C20H20NS+. The second-order valence-corrected chi connectivity index (χ2v) is 6.63. The zero-order chi connectivity index (χ0) is 15.5. The van der Waals surface area contributed by atoms with Crippen LogP contribution >= 0.6 is 11.8 Å². The summed E-state index contributed by atoms with van der Waals surface area (Å²) in [6.45, 7) is 6.53. The molecule has 0 saturated heterocycles. The predicted molar refractivity (Wildman–Crippen MR) is 94.5 cm³/mol. The molecule has 0 saturated carbocycles. The van der Waals surface area contributed by atoms with E-state index in [4.69, 9.17) is 0 Å². The highest BCUT2D eigenvalue weighted by molar-refractivity contribution is 8.03. The van der Waals surface area contributed by atoms with Crippen molar-refractivity contribution in [1.82, 2.24) is 0 Å². The number of benzene rings is 1. The summed E-state index contributed by atoms with van der Waals surface area (Å²) in [6.07, 6.45) is 7.51. The molecule has 0 amide bonds. The quantitative estimate of drug-likeness (QED) is 0.691. The van der Waals surface area contributed by atoms with Gasteiger partial charge in [-0.05, 0) is 36.6 Å². The van der Waals surface area contributed by atoms with Crippen molar-refractivity contribution < 1.29 is 4.57 Å². The lowest BCUT2D eigenvalue weighted by Gasteiger charge is -2.12. The highest BCUT2D eigenvalue weighted by atomic mass is 32.2. The van der Waals surface area contributed by atoms with Crippen LogP contribution in [0.4, 0.5) is 0 Å². The first kappa shape index (κ1) is 14.9. The summed E-state index contributed by atoms with van der Waals surface area (Å²) >= 11 is 1.77. The van der Waals surface area contributed by atoms with Crippen molar-refractivity contribution in [2.24, 2.45) is 7.05 Å². The molecule has 0 spiro atoms. The van der Waals surface area contributed by atoms with E-state index in [1.54, 1.807) is 11.8 Å². The fraction of sp³-hybridized carbons (Fsp3) is 0.150. The van der Waals surface area contributed by atoms with Crippen LogP contribution in [0.15, 0.2) is 82.8 Å². The molecule has 1 nitrogen and oxygen atoms in total. The van der Waals surface area contributed by atoms with Gasteiger partial charge in [-0.2, -0.15) is 0 Å². The maximum atomic E-state index is 4.36. The monoisotopic (exact) mass is 306 g/mol. The van der Waals surface area contributed by atoms with E-state index in [9.17, 15) is 0 Å². The molecule has 1 aliphatic heterocycles. The molecule has 22 heavy (non-hydrogen) atoms. The Morgan fingerprint density at radius 1 is 1.09 bits per heavy atom. The Bertz CT molecular complexity index is 784. The minimum atomic E-state index is 0.960. The van der Waals surface area contributed by atoms with Gasteiger partial charge in [-0.1, -0.05) is 48.7 Å². The molecule has 1 aromatic heterocycles. The molecule has 3 rings (SSSR count). The summed E-state index contributed by atoms with van der Waals surface area (Å²) in [5.74, 6) is 0. The number of hydrogen-bond donors (Lipinski definition) is 0. The second-order valence-electron chi connectivity index (χ2n) is 5.49. The number of aromatic nitrogens is 1. The molecular weight excluding hydrogens is 286 g/mol. The Morgan fingerprint density at radius 2 is 1.86 bits per heavy atom. The molecule has 110 valence electrons. The normalized spacial score (nSPS) is 16.5. The number of nitrogens with zero attached hydrogens (tertiary/aromatic N) is 1. The van der Waals surface area contributed by atoms with Gasteiger partial charge in [0.25, 0.3) is 0 Å². The van der Waals surface area contributed by atoms with Gasteiger partial charge in [-0.15, -0.1) is 0 Å². The first-order valence-electron chi connectivity index (χ1n) is 7.44. The molecule has 0 atom stereocenters. The van der Waals surface area contributed by atoms with E-state index in [2.05, 4.69) is 85.9 Å². The van der Waals surface area contributed by atoms with E-state index < -0.39 is 0 Å². The van der Waals surface area contributed by atoms with Crippen LogP contribution in [0.1, 0.15) is 18.2 Å². The molecule has 0 aliphatic carbocycles. The molecule has 0 N–H and O–H groups in total. The van der Waals surface area contributed by atoms with Crippen molar-refractivity contribution in [2.75, 3.05) is 0 Å². The van der Waals surface area contributed by atoms with E-state index >= 15 is 0 Å². The van der Waals surface area contributed by atoms with Crippen molar-refractivity contribution in [3.8, 4) is 0 Å². The molecule has 1 aromatic carbocycles. The fourth-order valence-electron chi connectivity index (χ4n) is 2.75. The van der Waals surface area contributed by atoms with E-state index in [-0.39, 0.29) is 0 Å². The van der Waals surface area contributed by atoms with Crippen LogP contribution in [0.5, 0.6) is 0 Å². The summed E-state index contributed by atoms with van der Waals surface area (Å²) in [4.78, 5) is 2.39. The van der Waals surface area contributed by atoms with Crippen LogP contribution in [0, 0.1) is 0 Å². The first-order chi connectivity index (χ1) is 10.7. The molecule has 2 heterocycles. The van der Waals surface area contributed by atoms with Crippen LogP contribution in [0.3, 0.4) is 0 Å². The Morgan fingerprint density at radius 3 is 2.68 bits per heavy atom. The van der Waals surface area contributed by atoms with Gasteiger partial charge in [0.05, 0.1) is 5.57 Å². The number of allylic oxidation sites excluding steroid dienone is 4. The summed E-state index contributed by atoms with van der Waals surface area (Å²) < 4.78 is 2.15. The number of aryl methyl sites for hydroxylation is 1. The number of hydrogen-bond acceptors (Lipinski definition) is 1. The third kappa shape index (κ3) is 2.93. The second kappa shape index (κ2) is 6.37. The van der Waals surface area contributed by atoms with Crippen LogP contribution in [-0.2, 0) is 13.5 Å². The topological polar surface area (TPSA) is 3.88 Å². The van der Waals surface area contributed by atoms with Gasteiger partial charge >= 0.3 is 0 Å². The van der Waals surface area contributed by atoms with Gasteiger partial charge < -0.3 is 0 Å². The molecule has 0 bridgehead atoms. The van der Waals surface area contributed by atoms with Crippen molar-refractivity contribution in [3.05, 3.63) is 89.1 Å². The molecule has 0 fully saturated rings. The van der Waals surface area contributed by atoms with Gasteiger partial charge in [0.2, 0.25) is 5.69 Å². The summed E-state index contributed by atoms with van der Waals surface area (Å²) in [6, 6.07) is 14.9. The van der Waals surface area contributed by atoms with E-state index in [0.29, 0.717) is 0 Å². The Hall–Kier alpha value is -2.06. The largest absolute Gasteiger partial charge is 0.213 e. The number of rotatable bonds is 1. The average Bonchev–Trinajstić information content (AvgIpc) is 2.56. The van der Waals surface area contributed by atoms with E-state index in [1.807, 2.05) is 0 Å². The lowest BCUT2D eigenvalue weighted by Crippen LogP contribution is -2.32. The zero-order valence-electron chi connectivity index (χ0n) is 13.0. The minimum Gasteiger partial charge on any atom is -0.201 e. The lowest BCUT2D eigenvalue weighted by atomic mass is 10.0. The third-order valence-corrected chi connectivity index (χ3v) is 4.96. The number of thioether (sulfide) groups is 1. The van der Waals surface area contributed by atoms with Crippen molar-refractivity contribution in [1.29, 1.82) is 0 Å². The van der Waals surface area contributed by atoms with Crippen LogP contribution < -0.4 is 4.57 Å². The Labute approximate surface area is 136 Å². The van der Waals surface area contributed by atoms with E-state index in [0.717, 1.165) is 11.3 Å². The number of pyridine rings is 1. The SMILES string of the molecule is C=C1Sc2ccccc2C/C=C\C(C)=C1c1cccc[n+]1C. The van der Waals surface area contributed by atoms with Gasteiger partial charge in [0.1, 0.15) is 7.05 Å². The average molecular weight is 306 g/mol. The van der Waals surface area contributed by atoms with E-state index in [1.165, 1.54) is 27.3 Å². The number of fused-ring (bicyclic) bond motifs is 1. The molecule has 1 aliphatic rings. The summed E-state index contributed by atoms with van der Waals surface area (Å²) in [5.41, 5.74) is 5.03. The first-order valence-corrected chi connectivity index (χ1v) is 8.26. The lowest BCUT2D eigenvalue weighted by molar-refractivity contribution is -0.673. The highest BCUT2D eigenvalue weighted by Crippen LogP contribution is 2.39. The van der Waals surface area contributed by atoms with Crippen molar-refractivity contribution >= 4 is 17.3 Å². The molecule has 2 heteroatoms. The molecule has 0 radical (unpaired) electrons. The third-order valence-electron chi connectivity index (χ3n) is 3.90. The van der Waals surface area contributed by atoms with Crippen LogP contribution in [-0.4, -0.2) is 0 Å². The molecule has 0 unspecified atom stereocenters. The van der Waals surface area contributed by atoms with Crippen molar-refractivity contribution in [2.45, 2.75) is 18.2 Å². The zero-order valence-corrected chi connectivity index (χ0v) is 13.9. The molecule has 2 aromatic rings. The van der Waals surface area contributed by atoms with Crippen LogP contribution in [0.2, 0.25) is 0 Å². The highest BCUT2D eigenvalue weighted by Gasteiger charge is 2.19. The Kier molecular flexibility index (Phi) is 4.30. The maximum Gasteiger partial charge on any atom is 0.213 e. The smallest absolute Gasteiger partial charge is 0.201 e. The maximum absolute atomic E-state index is 4.36. The van der Waals surface area contributed by atoms with Gasteiger partial charge in [-0.25, -0.2) is 4.57 Å². The standard InChI is InChI=1S/C20H20NS/c1-15-9-8-11-17-10-4-5-13-19(17)22-16(2)20(15)18-12-6-7-14-21(18)3/h4-10,12-14H,2,11H2,1,3H3/q+1/b9-8-,20-15?. The van der Waals surface area contributed by atoms with Gasteiger partial charge in [-0.3, -0.25) is 0 Å². The van der Waals surface area contributed by atoms with Gasteiger partial charge in [0.15, 0.2) is 6.20 Å². The fourth-order valence-corrected chi connectivity index (χ4v) is 3.81. The minimum absolute atomic E-state index is 0.960.